The molecular weight excluding hydrogens is 353 g/mol. The number of aliphatic carboxylic acids is 1. The minimum Gasteiger partial charge on any atom is -0.481 e. The van der Waals surface area contributed by atoms with Gasteiger partial charge in [0.1, 0.15) is 0 Å². The average Bonchev–Trinajstić information content (AvgIpc) is 2.62. The van der Waals surface area contributed by atoms with Crippen molar-refractivity contribution in [1.82, 2.24) is 9.88 Å². The Hall–Kier alpha value is -2.39. The molecule has 1 aromatic heterocycles. The Labute approximate surface area is 148 Å². The van der Waals surface area contributed by atoms with E-state index in [1.807, 2.05) is 18.2 Å². The van der Waals surface area contributed by atoms with Crippen molar-refractivity contribution in [3.05, 3.63) is 35.9 Å². The molecule has 0 spiro atoms. The molecule has 0 atom stereocenters. The maximum atomic E-state index is 10.6. The first-order valence-electron chi connectivity index (χ1n) is 7.84. The molecule has 0 unspecified atom stereocenters. The Bertz CT molecular complexity index is 746. The van der Waals surface area contributed by atoms with Gasteiger partial charge in [-0.1, -0.05) is 18.2 Å². The summed E-state index contributed by atoms with van der Waals surface area (Å²) >= 11 is 0. The molecule has 0 aliphatic carbocycles. The van der Waals surface area contributed by atoms with Crippen LogP contribution in [0.3, 0.4) is 0 Å². The number of methoxy groups -OCH3 is 1. The monoisotopic (exact) mass is 372 g/mol. The molecule has 3 rings (SSSR count). The Kier molecular flexibility index (Phi) is 6.76. The molecule has 0 saturated carbocycles. The van der Waals surface area contributed by atoms with Gasteiger partial charge < -0.3 is 14.6 Å². The standard InChI is InChI=1S/C15H18N2O2.C2HF3O2/c1-18-15-10-12(11-17-6-8-19-9-7-17)13-4-2-3-5-14(13)16-15;3-2(4,5)1(6)7/h2-5,10H,6-9,11H2,1H3;(H,6,7). The molecule has 26 heavy (non-hydrogen) atoms. The molecule has 142 valence electrons. The van der Waals surface area contributed by atoms with Gasteiger partial charge in [-0.05, 0) is 11.6 Å². The summed E-state index contributed by atoms with van der Waals surface area (Å²) in [4.78, 5) is 15.8. The second-order valence-electron chi connectivity index (χ2n) is 5.53. The molecule has 0 bridgehead atoms. The highest BCUT2D eigenvalue weighted by molar-refractivity contribution is 5.82. The normalized spacial score (nSPS) is 15.2. The van der Waals surface area contributed by atoms with E-state index in [0.717, 1.165) is 38.4 Å². The number of hydrogen-bond acceptors (Lipinski definition) is 5. The van der Waals surface area contributed by atoms with Crippen molar-refractivity contribution in [3.8, 4) is 5.88 Å². The van der Waals surface area contributed by atoms with Crippen LogP contribution >= 0.6 is 0 Å². The zero-order valence-corrected chi connectivity index (χ0v) is 14.1. The molecular formula is C17H19F3N2O4. The van der Waals surface area contributed by atoms with Crippen LogP contribution in [0.15, 0.2) is 30.3 Å². The van der Waals surface area contributed by atoms with Gasteiger partial charge >= 0.3 is 12.1 Å². The van der Waals surface area contributed by atoms with Crippen molar-refractivity contribution >= 4 is 16.9 Å². The van der Waals surface area contributed by atoms with Crippen LogP contribution in [-0.2, 0) is 16.1 Å². The molecule has 2 aromatic rings. The number of carboxylic acid groups (broad SMARTS) is 1. The van der Waals surface area contributed by atoms with E-state index in [9.17, 15) is 13.2 Å². The van der Waals surface area contributed by atoms with Gasteiger partial charge in [0.25, 0.3) is 0 Å². The summed E-state index contributed by atoms with van der Waals surface area (Å²) in [7, 11) is 1.66. The highest BCUT2D eigenvalue weighted by Crippen LogP contribution is 2.23. The lowest BCUT2D eigenvalue weighted by Gasteiger charge is -2.27. The van der Waals surface area contributed by atoms with Gasteiger partial charge in [-0.3, -0.25) is 4.90 Å². The molecule has 0 amide bonds. The molecule has 9 heteroatoms. The topological polar surface area (TPSA) is 71.9 Å². The predicted molar refractivity (Wildman–Crippen MR) is 88.1 cm³/mol. The van der Waals surface area contributed by atoms with E-state index in [-0.39, 0.29) is 0 Å². The molecule has 6 nitrogen and oxygen atoms in total. The summed E-state index contributed by atoms with van der Waals surface area (Å²) in [5.74, 6) is -2.07. The summed E-state index contributed by atoms with van der Waals surface area (Å²) in [6.45, 7) is 4.53. The maximum Gasteiger partial charge on any atom is 0.490 e. The smallest absolute Gasteiger partial charge is 0.481 e. The fraction of sp³-hybridized carbons (Fsp3) is 0.412. The number of carboxylic acids is 1. The number of halogens is 3. The van der Waals surface area contributed by atoms with E-state index in [1.54, 1.807) is 7.11 Å². The number of nitrogens with zero attached hydrogens (tertiary/aromatic N) is 2. The zero-order chi connectivity index (χ0) is 19.2. The Morgan fingerprint density at radius 2 is 1.92 bits per heavy atom. The minimum atomic E-state index is -5.08. The minimum absolute atomic E-state index is 0.682. The largest absolute Gasteiger partial charge is 0.490 e. The quantitative estimate of drug-likeness (QED) is 0.893. The zero-order valence-electron chi connectivity index (χ0n) is 14.1. The van der Waals surface area contributed by atoms with Gasteiger partial charge in [0.05, 0.1) is 25.8 Å². The second kappa shape index (κ2) is 8.81. The number of aromatic nitrogens is 1. The fourth-order valence-corrected chi connectivity index (χ4v) is 2.46. The number of fused-ring (bicyclic) bond motifs is 1. The Balaban J connectivity index is 0.000000298. The number of hydrogen-bond donors (Lipinski definition) is 1. The van der Waals surface area contributed by atoms with Crippen LogP contribution < -0.4 is 4.74 Å². The summed E-state index contributed by atoms with van der Waals surface area (Å²) < 4.78 is 42.4. The van der Waals surface area contributed by atoms with Crippen molar-refractivity contribution in [2.75, 3.05) is 33.4 Å². The first kappa shape index (κ1) is 19.9. The van der Waals surface area contributed by atoms with E-state index < -0.39 is 12.1 Å². The van der Waals surface area contributed by atoms with Gasteiger partial charge in [0.2, 0.25) is 5.88 Å². The Morgan fingerprint density at radius 3 is 2.50 bits per heavy atom. The van der Waals surface area contributed by atoms with E-state index in [1.165, 1.54) is 10.9 Å². The third kappa shape index (κ3) is 5.57. The molecule has 1 aliphatic heterocycles. The molecule has 1 aromatic carbocycles. The predicted octanol–water partition coefficient (Wildman–Crippen LogP) is 2.71. The van der Waals surface area contributed by atoms with E-state index >= 15 is 0 Å². The molecule has 0 radical (unpaired) electrons. The van der Waals surface area contributed by atoms with E-state index in [0.29, 0.717) is 5.88 Å². The number of alkyl halides is 3. The van der Waals surface area contributed by atoms with Crippen molar-refractivity contribution in [2.45, 2.75) is 12.7 Å². The van der Waals surface area contributed by atoms with E-state index in [2.05, 4.69) is 22.0 Å². The van der Waals surface area contributed by atoms with Gasteiger partial charge in [-0.15, -0.1) is 0 Å². The molecule has 1 saturated heterocycles. The number of para-hydroxylation sites is 1. The summed E-state index contributed by atoms with van der Waals surface area (Å²) in [6.07, 6.45) is -5.08. The lowest BCUT2D eigenvalue weighted by Crippen LogP contribution is -2.35. The van der Waals surface area contributed by atoms with Gasteiger partial charge in [0.15, 0.2) is 0 Å². The molecule has 1 aliphatic rings. The highest BCUT2D eigenvalue weighted by Gasteiger charge is 2.38. The number of rotatable bonds is 3. The van der Waals surface area contributed by atoms with Gasteiger partial charge in [-0.2, -0.15) is 13.2 Å². The summed E-state index contributed by atoms with van der Waals surface area (Å²) in [5, 5.41) is 8.33. The van der Waals surface area contributed by atoms with Gasteiger partial charge in [0, 0.05) is 31.1 Å². The van der Waals surface area contributed by atoms with Crippen molar-refractivity contribution in [2.24, 2.45) is 0 Å². The Morgan fingerprint density at radius 1 is 1.31 bits per heavy atom. The van der Waals surface area contributed by atoms with Crippen LogP contribution in [-0.4, -0.2) is 60.5 Å². The molecule has 1 fully saturated rings. The second-order valence-corrected chi connectivity index (χ2v) is 5.53. The summed E-state index contributed by atoms with van der Waals surface area (Å²) in [5.41, 5.74) is 2.26. The van der Waals surface area contributed by atoms with Crippen LogP contribution in [0, 0.1) is 0 Å². The van der Waals surface area contributed by atoms with E-state index in [4.69, 9.17) is 19.4 Å². The van der Waals surface area contributed by atoms with Crippen LogP contribution in [0.25, 0.3) is 10.9 Å². The number of carbonyl (C=O) groups is 1. The van der Waals surface area contributed by atoms with Crippen LogP contribution in [0.1, 0.15) is 5.56 Å². The molecule has 2 heterocycles. The number of pyridine rings is 1. The maximum absolute atomic E-state index is 10.6. The lowest BCUT2D eigenvalue weighted by atomic mass is 10.1. The van der Waals surface area contributed by atoms with Gasteiger partial charge in [-0.25, -0.2) is 9.78 Å². The molecule has 1 N–H and O–H groups in total. The average molecular weight is 372 g/mol. The van der Waals surface area contributed by atoms with Crippen molar-refractivity contribution in [1.29, 1.82) is 0 Å². The highest BCUT2D eigenvalue weighted by atomic mass is 19.4. The number of ether oxygens (including phenoxy) is 2. The lowest BCUT2D eigenvalue weighted by molar-refractivity contribution is -0.192. The third-order valence-electron chi connectivity index (χ3n) is 3.73. The van der Waals surface area contributed by atoms with Crippen molar-refractivity contribution < 1.29 is 32.5 Å². The fourth-order valence-electron chi connectivity index (χ4n) is 2.46. The van der Waals surface area contributed by atoms with Crippen LogP contribution in [0.2, 0.25) is 0 Å². The first-order valence-corrected chi connectivity index (χ1v) is 7.84. The number of benzene rings is 1. The third-order valence-corrected chi connectivity index (χ3v) is 3.73. The first-order chi connectivity index (χ1) is 12.3. The number of morpholine rings is 1. The van der Waals surface area contributed by atoms with Crippen LogP contribution in [0.4, 0.5) is 13.2 Å². The van der Waals surface area contributed by atoms with Crippen LogP contribution in [0.5, 0.6) is 5.88 Å². The SMILES string of the molecule is COc1cc(CN2CCOCC2)c2ccccc2n1.O=C(O)C(F)(F)F. The van der Waals surface area contributed by atoms with Crippen molar-refractivity contribution in [3.63, 3.8) is 0 Å². The summed E-state index contributed by atoms with van der Waals surface area (Å²) in [6, 6.07) is 10.3.